The molecule has 4 heteroatoms. The highest BCUT2D eigenvalue weighted by molar-refractivity contribution is 6.10. The molecule has 0 heterocycles. The Morgan fingerprint density at radius 3 is 1.59 bits per heavy atom. The first kappa shape index (κ1) is 18.4. The molecule has 0 amide bonds. The molecule has 0 aliphatic carbocycles. The molecule has 0 N–H and O–H groups in total. The normalized spacial score (nSPS) is 10.9. The van der Waals surface area contributed by atoms with Gasteiger partial charge in [-0.1, -0.05) is 91.0 Å². The number of ether oxygens (including phenoxy) is 2. The predicted octanol–water partition coefficient (Wildman–Crippen LogP) is 3.89. The highest BCUT2D eigenvalue weighted by atomic mass is 16.6. The second-order valence-electron chi connectivity index (χ2n) is 6.04. The first-order valence-electron chi connectivity index (χ1n) is 8.60. The summed E-state index contributed by atoms with van der Waals surface area (Å²) in [5, 5.41) is 0. The highest BCUT2D eigenvalue weighted by Gasteiger charge is 2.52. The van der Waals surface area contributed by atoms with Gasteiger partial charge in [-0.25, -0.2) is 0 Å². The van der Waals surface area contributed by atoms with Crippen molar-refractivity contribution >= 4 is 11.9 Å². The maximum atomic E-state index is 13.3. The Hall–Kier alpha value is -3.40. The van der Waals surface area contributed by atoms with Crippen LogP contribution in [-0.2, 0) is 31.1 Å². The molecule has 4 nitrogen and oxygen atoms in total. The van der Waals surface area contributed by atoms with E-state index >= 15 is 0 Å². The van der Waals surface area contributed by atoms with Crippen molar-refractivity contribution in [3.8, 4) is 0 Å². The van der Waals surface area contributed by atoms with E-state index in [9.17, 15) is 9.59 Å². The summed E-state index contributed by atoms with van der Waals surface area (Å²) in [5.41, 5.74) is 0.152. The summed E-state index contributed by atoms with van der Waals surface area (Å²) in [5.74, 6) is -1.35. The van der Waals surface area contributed by atoms with E-state index in [1.165, 1.54) is 7.11 Å². The van der Waals surface area contributed by atoms with E-state index in [4.69, 9.17) is 9.47 Å². The second-order valence-corrected chi connectivity index (χ2v) is 6.04. The maximum absolute atomic E-state index is 13.3. The van der Waals surface area contributed by atoms with E-state index in [1.807, 2.05) is 42.5 Å². The lowest BCUT2D eigenvalue weighted by Crippen LogP contribution is -2.46. The largest absolute Gasteiger partial charge is 0.468 e. The Labute approximate surface area is 158 Å². The fourth-order valence-corrected chi connectivity index (χ4v) is 3.08. The van der Waals surface area contributed by atoms with Gasteiger partial charge in [0.15, 0.2) is 0 Å². The average Bonchev–Trinajstić information content (AvgIpc) is 2.75. The number of methoxy groups -OCH3 is 1. The van der Waals surface area contributed by atoms with Crippen LogP contribution >= 0.6 is 0 Å². The number of esters is 2. The van der Waals surface area contributed by atoms with Crippen molar-refractivity contribution in [3.05, 3.63) is 108 Å². The number of carbonyl (C=O) groups is 2. The van der Waals surface area contributed by atoms with Crippen LogP contribution in [-0.4, -0.2) is 19.0 Å². The molecule has 0 saturated carbocycles. The first-order chi connectivity index (χ1) is 13.2. The van der Waals surface area contributed by atoms with Gasteiger partial charge in [0.2, 0.25) is 5.41 Å². The third-order valence-electron chi connectivity index (χ3n) is 4.42. The predicted molar refractivity (Wildman–Crippen MR) is 102 cm³/mol. The van der Waals surface area contributed by atoms with Gasteiger partial charge in [0.1, 0.15) is 6.61 Å². The van der Waals surface area contributed by atoms with Gasteiger partial charge in [0, 0.05) is 0 Å². The molecule has 0 saturated heterocycles. The van der Waals surface area contributed by atoms with Crippen molar-refractivity contribution in [2.75, 3.05) is 7.11 Å². The van der Waals surface area contributed by atoms with E-state index in [1.54, 1.807) is 48.5 Å². The number of hydrogen-bond acceptors (Lipinski definition) is 4. The van der Waals surface area contributed by atoms with E-state index < -0.39 is 17.4 Å². The summed E-state index contributed by atoms with van der Waals surface area (Å²) in [6.45, 7) is 0.0675. The topological polar surface area (TPSA) is 52.6 Å². The Morgan fingerprint density at radius 1 is 0.704 bits per heavy atom. The van der Waals surface area contributed by atoms with Gasteiger partial charge in [0.05, 0.1) is 7.11 Å². The van der Waals surface area contributed by atoms with Crippen molar-refractivity contribution in [3.63, 3.8) is 0 Å². The van der Waals surface area contributed by atoms with E-state index in [-0.39, 0.29) is 6.61 Å². The van der Waals surface area contributed by atoms with Crippen LogP contribution in [0.4, 0.5) is 0 Å². The summed E-state index contributed by atoms with van der Waals surface area (Å²) in [7, 11) is 1.27. The SMILES string of the molecule is COC(=O)C(C(=O)OCc1ccccc1)(c1ccccc1)c1ccccc1. The zero-order chi connectivity index (χ0) is 19.1. The van der Waals surface area contributed by atoms with Crippen LogP contribution in [0.2, 0.25) is 0 Å². The van der Waals surface area contributed by atoms with Gasteiger partial charge >= 0.3 is 11.9 Å². The monoisotopic (exact) mass is 360 g/mol. The first-order valence-corrected chi connectivity index (χ1v) is 8.60. The summed E-state index contributed by atoms with van der Waals surface area (Å²) in [4.78, 5) is 26.3. The smallest absolute Gasteiger partial charge is 0.333 e. The lowest BCUT2D eigenvalue weighted by Gasteiger charge is -2.29. The van der Waals surface area contributed by atoms with Crippen LogP contribution in [0.1, 0.15) is 16.7 Å². The Kier molecular flexibility index (Phi) is 5.67. The number of carbonyl (C=O) groups excluding carboxylic acids is 2. The standard InChI is InChI=1S/C23H20O4/c1-26-21(24)23(19-13-7-3-8-14-19,20-15-9-4-10-16-20)22(25)27-17-18-11-5-2-6-12-18/h2-16H,17H2,1H3. The highest BCUT2D eigenvalue weighted by Crippen LogP contribution is 2.35. The van der Waals surface area contributed by atoms with Crippen LogP contribution < -0.4 is 0 Å². The van der Waals surface area contributed by atoms with E-state index in [0.717, 1.165) is 5.56 Å². The van der Waals surface area contributed by atoms with Crippen LogP contribution in [0.3, 0.4) is 0 Å². The minimum absolute atomic E-state index is 0.0675. The van der Waals surface area contributed by atoms with Gasteiger partial charge in [-0.2, -0.15) is 0 Å². The Bertz CT molecular complexity index is 850. The summed E-state index contributed by atoms with van der Waals surface area (Å²) in [6.07, 6.45) is 0. The molecule has 0 atom stereocenters. The van der Waals surface area contributed by atoms with Gasteiger partial charge < -0.3 is 9.47 Å². The summed E-state index contributed by atoms with van der Waals surface area (Å²) < 4.78 is 10.6. The molecule has 3 rings (SSSR count). The number of hydrogen-bond donors (Lipinski definition) is 0. The summed E-state index contributed by atoms with van der Waals surface area (Å²) in [6, 6.07) is 27.0. The third kappa shape index (κ3) is 3.60. The molecule has 0 bridgehead atoms. The van der Waals surface area contributed by atoms with Gasteiger partial charge in [0.25, 0.3) is 0 Å². The Balaban J connectivity index is 2.08. The fourth-order valence-electron chi connectivity index (χ4n) is 3.08. The molecule has 0 aliphatic heterocycles. The third-order valence-corrected chi connectivity index (χ3v) is 4.42. The van der Waals surface area contributed by atoms with Crippen LogP contribution in [0.5, 0.6) is 0 Å². The van der Waals surface area contributed by atoms with Crippen molar-refractivity contribution in [1.29, 1.82) is 0 Å². The van der Waals surface area contributed by atoms with Crippen LogP contribution in [0.25, 0.3) is 0 Å². The molecule has 136 valence electrons. The minimum atomic E-state index is -1.69. The number of rotatable bonds is 6. The quantitative estimate of drug-likeness (QED) is 0.494. The van der Waals surface area contributed by atoms with Crippen molar-refractivity contribution < 1.29 is 19.1 Å². The lowest BCUT2D eigenvalue weighted by molar-refractivity contribution is -0.162. The van der Waals surface area contributed by atoms with Crippen molar-refractivity contribution in [2.45, 2.75) is 12.0 Å². The van der Waals surface area contributed by atoms with Gasteiger partial charge in [-0.15, -0.1) is 0 Å². The van der Waals surface area contributed by atoms with Crippen LogP contribution in [0.15, 0.2) is 91.0 Å². The maximum Gasteiger partial charge on any atom is 0.333 e. The molecule has 0 unspecified atom stereocenters. The molecule has 0 fully saturated rings. The second kappa shape index (κ2) is 8.32. The fraction of sp³-hybridized carbons (Fsp3) is 0.130. The van der Waals surface area contributed by atoms with Crippen molar-refractivity contribution in [2.24, 2.45) is 0 Å². The summed E-state index contributed by atoms with van der Waals surface area (Å²) >= 11 is 0. The molecule has 3 aromatic rings. The molecule has 3 aromatic carbocycles. The molecular formula is C23H20O4. The molecular weight excluding hydrogens is 340 g/mol. The van der Waals surface area contributed by atoms with Gasteiger partial charge in [-0.3, -0.25) is 9.59 Å². The lowest BCUT2D eigenvalue weighted by atomic mass is 9.74. The zero-order valence-corrected chi connectivity index (χ0v) is 15.0. The van der Waals surface area contributed by atoms with E-state index in [0.29, 0.717) is 11.1 Å². The molecule has 0 aromatic heterocycles. The van der Waals surface area contributed by atoms with Gasteiger partial charge in [-0.05, 0) is 16.7 Å². The number of benzene rings is 3. The minimum Gasteiger partial charge on any atom is -0.468 e. The molecule has 27 heavy (non-hydrogen) atoms. The zero-order valence-electron chi connectivity index (χ0n) is 15.0. The van der Waals surface area contributed by atoms with Crippen LogP contribution in [0, 0.1) is 0 Å². The van der Waals surface area contributed by atoms with Crippen molar-refractivity contribution in [1.82, 2.24) is 0 Å². The van der Waals surface area contributed by atoms with E-state index in [2.05, 4.69) is 0 Å². The molecule has 0 aliphatic rings. The average molecular weight is 360 g/mol. The molecule has 0 radical (unpaired) electrons. The molecule has 0 spiro atoms. The Morgan fingerprint density at radius 2 is 1.15 bits per heavy atom.